The van der Waals surface area contributed by atoms with E-state index in [1.165, 1.54) is 36.4 Å². The Morgan fingerprint density at radius 2 is 1.46 bits per heavy atom. The van der Waals surface area contributed by atoms with Crippen molar-refractivity contribution in [3.05, 3.63) is 86.9 Å². The van der Waals surface area contributed by atoms with Crippen LogP contribution in [0.5, 0.6) is 5.75 Å². The predicted molar refractivity (Wildman–Crippen MR) is 114 cm³/mol. The summed E-state index contributed by atoms with van der Waals surface area (Å²) in [4.78, 5) is 4.28. The van der Waals surface area contributed by atoms with E-state index < -0.39 is 10.1 Å². The van der Waals surface area contributed by atoms with Crippen molar-refractivity contribution >= 4 is 56.8 Å². The molecule has 144 valence electrons. The Morgan fingerprint density at radius 1 is 0.893 bits per heavy atom. The first-order valence-corrected chi connectivity index (χ1v) is 10.6. The monoisotopic (exact) mass is 453 g/mol. The van der Waals surface area contributed by atoms with E-state index >= 15 is 0 Å². The fraction of sp³-hybridized carbons (Fsp3) is 0.0500. The molecule has 3 rings (SSSR count). The third-order valence-corrected chi connectivity index (χ3v) is 5.76. The number of nitrogens with zero attached hydrogens (tertiary/aromatic N) is 1. The van der Waals surface area contributed by atoms with Crippen molar-refractivity contribution < 1.29 is 12.6 Å². The van der Waals surface area contributed by atoms with Gasteiger partial charge in [-0.1, -0.05) is 52.5 Å². The van der Waals surface area contributed by atoms with E-state index in [1.807, 2.05) is 31.2 Å². The third kappa shape index (κ3) is 5.06. The minimum Gasteiger partial charge on any atom is -0.376 e. The minimum atomic E-state index is -4.11. The molecule has 0 spiro atoms. The number of aryl methyl sites for hydroxylation is 1. The van der Waals surface area contributed by atoms with Gasteiger partial charge in [-0.2, -0.15) is 8.42 Å². The van der Waals surface area contributed by atoms with Crippen molar-refractivity contribution in [3.63, 3.8) is 0 Å². The molecule has 0 aliphatic rings. The van der Waals surface area contributed by atoms with E-state index in [2.05, 4.69) is 4.99 Å². The Labute approximate surface area is 178 Å². The molecule has 0 aliphatic heterocycles. The summed E-state index contributed by atoms with van der Waals surface area (Å²) in [6.07, 6.45) is 1.58. The van der Waals surface area contributed by atoms with Gasteiger partial charge < -0.3 is 4.18 Å². The van der Waals surface area contributed by atoms with Gasteiger partial charge in [0.15, 0.2) is 5.75 Å². The summed E-state index contributed by atoms with van der Waals surface area (Å²) in [5.74, 6) is -0.147. The van der Waals surface area contributed by atoms with Crippen LogP contribution in [-0.2, 0) is 10.1 Å². The molecule has 0 radical (unpaired) electrons. The third-order valence-electron chi connectivity index (χ3n) is 3.71. The highest BCUT2D eigenvalue weighted by molar-refractivity contribution is 7.87. The van der Waals surface area contributed by atoms with Gasteiger partial charge >= 0.3 is 10.1 Å². The summed E-state index contributed by atoms with van der Waals surface area (Å²) in [6, 6.07) is 16.3. The molecule has 28 heavy (non-hydrogen) atoms. The van der Waals surface area contributed by atoms with Crippen molar-refractivity contribution in [1.82, 2.24) is 0 Å². The van der Waals surface area contributed by atoms with Crippen LogP contribution in [0.4, 0.5) is 5.69 Å². The van der Waals surface area contributed by atoms with Gasteiger partial charge in [0, 0.05) is 11.2 Å². The first-order chi connectivity index (χ1) is 13.2. The van der Waals surface area contributed by atoms with Gasteiger partial charge in [-0.15, -0.1) is 0 Å². The maximum Gasteiger partial charge on any atom is 0.339 e. The molecular formula is C20H14Cl3NO3S. The second kappa shape index (κ2) is 8.53. The van der Waals surface area contributed by atoms with Crippen LogP contribution in [0.25, 0.3) is 0 Å². The topological polar surface area (TPSA) is 55.7 Å². The van der Waals surface area contributed by atoms with E-state index in [9.17, 15) is 8.42 Å². The van der Waals surface area contributed by atoms with Crippen molar-refractivity contribution in [2.45, 2.75) is 11.8 Å². The molecule has 3 aromatic carbocycles. The lowest BCUT2D eigenvalue weighted by atomic mass is 10.2. The van der Waals surface area contributed by atoms with Crippen molar-refractivity contribution in [2.75, 3.05) is 0 Å². The highest BCUT2D eigenvalue weighted by atomic mass is 35.5. The van der Waals surface area contributed by atoms with Gasteiger partial charge in [0.05, 0.1) is 15.7 Å². The Morgan fingerprint density at radius 3 is 2.04 bits per heavy atom. The van der Waals surface area contributed by atoms with Crippen LogP contribution in [-0.4, -0.2) is 14.6 Å². The van der Waals surface area contributed by atoms with Crippen LogP contribution in [0.1, 0.15) is 11.1 Å². The van der Waals surface area contributed by atoms with Gasteiger partial charge in [-0.3, -0.25) is 4.99 Å². The first-order valence-electron chi connectivity index (χ1n) is 8.04. The standard InChI is InChI=1S/C20H14Cl3NO3S/c1-13-2-6-16(7-3-13)24-12-14-10-18(22)20(19(23)11-14)27-28(25,26)17-8-4-15(21)5-9-17/h2-12H,1H3. The zero-order valence-electron chi connectivity index (χ0n) is 14.6. The van der Waals surface area contributed by atoms with Crippen molar-refractivity contribution in [2.24, 2.45) is 4.99 Å². The number of halogens is 3. The Balaban J connectivity index is 1.85. The number of aliphatic imine (C=N–C) groups is 1. The fourth-order valence-corrected chi connectivity index (χ4v) is 4.04. The summed E-state index contributed by atoms with van der Waals surface area (Å²) in [7, 11) is -4.11. The smallest absolute Gasteiger partial charge is 0.339 e. The number of rotatable bonds is 5. The second-order valence-electron chi connectivity index (χ2n) is 5.90. The molecule has 3 aromatic rings. The highest BCUT2D eigenvalue weighted by Gasteiger charge is 2.21. The lowest BCUT2D eigenvalue weighted by molar-refractivity contribution is 0.486. The quantitative estimate of drug-likeness (QED) is 0.328. The van der Waals surface area contributed by atoms with Gasteiger partial charge in [0.25, 0.3) is 0 Å². The van der Waals surface area contributed by atoms with Gasteiger partial charge in [-0.05, 0) is 61.0 Å². The molecule has 4 nitrogen and oxygen atoms in total. The predicted octanol–water partition coefficient (Wildman–Crippen LogP) is 6.47. The van der Waals surface area contributed by atoms with E-state index in [1.54, 1.807) is 6.21 Å². The highest BCUT2D eigenvalue weighted by Crippen LogP contribution is 2.36. The van der Waals surface area contributed by atoms with E-state index in [-0.39, 0.29) is 20.7 Å². The lowest BCUT2D eigenvalue weighted by Gasteiger charge is -2.11. The summed E-state index contributed by atoms with van der Waals surface area (Å²) < 4.78 is 30.0. The summed E-state index contributed by atoms with van der Waals surface area (Å²) >= 11 is 18.2. The Hall–Kier alpha value is -2.05. The summed E-state index contributed by atoms with van der Waals surface area (Å²) in [5.41, 5.74) is 2.50. The molecule has 0 aliphatic carbocycles. The van der Waals surface area contributed by atoms with E-state index in [0.717, 1.165) is 11.3 Å². The van der Waals surface area contributed by atoms with Crippen LogP contribution in [0.3, 0.4) is 0 Å². The minimum absolute atomic E-state index is 0.0513. The summed E-state index contributed by atoms with van der Waals surface area (Å²) in [5, 5.41) is 0.512. The van der Waals surface area contributed by atoms with Crippen LogP contribution in [0, 0.1) is 6.92 Å². The molecule has 0 heterocycles. The molecule has 0 amide bonds. The largest absolute Gasteiger partial charge is 0.376 e. The van der Waals surface area contributed by atoms with E-state index in [0.29, 0.717) is 10.6 Å². The molecule has 0 N–H and O–H groups in total. The number of hydrogen-bond donors (Lipinski definition) is 0. The zero-order chi connectivity index (χ0) is 20.3. The summed E-state index contributed by atoms with van der Waals surface area (Å²) in [6.45, 7) is 1.99. The molecule has 0 saturated heterocycles. The maximum absolute atomic E-state index is 12.4. The van der Waals surface area contributed by atoms with Gasteiger partial charge in [0.2, 0.25) is 0 Å². The Bertz CT molecular complexity index is 1100. The van der Waals surface area contributed by atoms with Crippen LogP contribution in [0.2, 0.25) is 15.1 Å². The number of hydrogen-bond acceptors (Lipinski definition) is 4. The Kier molecular flexibility index (Phi) is 6.30. The maximum atomic E-state index is 12.4. The van der Waals surface area contributed by atoms with Crippen LogP contribution in [0.15, 0.2) is 70.6 Å². The average molecular weight is 455 g/mol. The fourth-order valence-electron chi connectivity index (χ4n) is 2.27. The van der Waals surface area contributed by atoms with Gasteiger partial charge in [0.1, 0.15) is 4.90 Å². The van der Waals surface area contributed by atoms with Crippen LogP contribution >= 0.6 is 34.8 Å². The zero-order valence-corrected chi connectivity index (χ0v) is 17.6. The molecular weight excluding hydrogens is 441 g/mol. The van der Waals surface area contributed by atoms with Crippen molar-refractivity contribution in [3.8, 4) is 5.75 Å². The SMILES string of the molecule is Cc1ccc(N=Cc2cc(Cl)c(OS(=O)(=O)c3ccc(Cl)cc3)c(Cl)c2)cc1. The molecule has 8 heteroatoms. The van der Waals surface area contributed by atoms with Crippen molar-refractivity contribution in [1.29, 1.82) is 0 Å². The van der Waals surface area contributed by atoms with Gasteiger partial charge in [-0.25, -0.2) is 0 Å². The average Bonchev–Trinajstić information content (AvgIpc) is 2.65. The normalized spacial score (nSPS) is 11.7. The first kappa shape index (κ1) is 20.7. The molecule has 0 fully saturated rings. The number of benzene rings is 3. The lowest BCUT2D eigenvalue weighted by Crippen LogP contribution is -2.10. The van der Waals surface area contributed by atoms with Crippen LogP contribution < -0.4 is 4.18 Å². The molecule has 0 unspecified atom stereocenters. The molecule has 0 atom stereocenters. The molecule has 0 aromatic heterocycles. The second-order valence-corrected chi connectivity index (χ2v) is 8.70. The molecule has 0 bridgehead atoms. The van der Waals surface area contributed by atoms with E-state index in [4.69, 9.17) is 39.0 Å². The molecule has 0 saturated carbocycles.